The summed E-state index contributed by atoms with van der Waals surface area (Å²) in [7, 11) is 0. The minimum atomic E-state index is -0.650. The van der Waals surface area contributed by atoms with Crippen molar-refractivity contribution >= 4 is 6.03 Å². The summed E-state index contributed by atoms with van der Waals surface area (Å²) >= 11 is 0. The van der Waals surface area contributed by atoms with E-state index in [1.807, 2.05) is 0 Å². The van der Waals surface area contributed by atoms with Crippen LogP contribution in [0.4, 0.5) is 4.79 Å². The maximum Gasteiger partial charge on any atom is 0.338 e. The van der Waals surface area contributed by atoms with E-state index >= 15 is 0 Å². The Labute approximate surface area is 47.2 Å². The predicted octanol–water partition coefficient (Wildman–Crippen LogP) is -0.321. The Morgan fingerprint density at radius 3 is 2.75 bits per heavy atom. The first-order chi connectivity index (χ1) is 3.80. The van der Waals surface area contributed by atoms with Crippen LogP contribution < -0.4 is 5.73 Å². The molecule has 1 radical (unpaired) electrons. The number of amides is 2. The number of nitrogens with zero attached hydrogens (tertiary/aromatic N) is 1. The van der Waals surface area contributed by atoms with Gasteiger partial charge in [0.05, 0.1) is 6.61 Å². The molecule has 1 aliphatic rings. The molecule has 1 rings (SSSR count). The second-order valence-corrected chi connectivity index (χ2v) is 1.61. The van der Waals surface area contributed by atoms with Crippen molar-refractivity contribution in [1.82, 2.24) is 10.6 Å². The molecule has 0 unspecified atom stereocenters. The van der Waals surface area contributed by atoms with E-state index in [1.54, 1.807) is 0 Å². The average molecular weight is 115 g/mol. The van der Waals surface area contributed by atoms with Gasteiger partial charge in [-0.1, -0.05) is 0 Å². The fourth-order valence-corrected chi connectivity index (χ4v) is 0.574. The zero-order valence-electron chi connectivity index (χ0n) is 4.39. The molecule has 45 valence electrons. The highest BCUT2D eigenvalue weighted by Gasteiger charge is 2.14. The highest BCUT2D eigenvalue weighted by molar-refractivity contribution is 5.71. The van der Waals surface area contributed by atoms with E-state index in [1.165, 1.54) is 4.90 Å². The zero-order valence-corrected chi connectivity index (χ0v) is 4.39. The highest BCUT2D eigenvalue weighted by Crippen LogP contribution is 1.96. The molecule has 0 aromatic heterocycles. The molecule has 2 amide bonds. The van der Waals surface area contributed by atoms with E-state index in [9.17, 15) is 4.79 Å². The molecular formula is C4H7N2O2. The van der Waals surface area contributed by atoms with Gasteiger partial charge < -0.3 is 4.74 Å². The van der Waals surface area contributed by atoms with Crippen molar-refractivity contribution in [2.75, 3.05) is 19.9 Å². The van der Waals surface area contributed by atoms with Crippen molar-refractivity contribution < 1.29 is 9.53 Å². The number of ether oxygens (including phenoxy) is 1. The Hall–Kier alpha value is -0.770. The van der Waals surface area contributed by atoms with E-state index in [-0.39, 0.29) is 0 Å². The van der Waals surface area contributed by atoms with Crippen molar-refractivity contribution in [1.29, 1.82) is 0 Å². The van der Waals surface area contributed by atoms with E-state index < -0.39 is 6.03 Å². The first-order valence-electron chi connectivity index (χ1n) is 2.39. The highest BCUT2D eigenvalue weighted by atomic mass is 16.5. The van der Waals surface area contributed by atoms with Gasteiger partial charge in [0.1, 0.15) is 6.73 Å². The number of hydrogen-bond acceptors (Lipinski definition) is 2. The third kappa shape index (κ3) is 0.894. The van der Waals surface area contributed by atoms with Gasteiger partial charge in [0.25, 0.3) is 0 Å². The Balaban J connectivity index is 2.35. The Morgan fingerprint density at radius 2 is 2.50 bits per heavy atom. The maximum atomic E-state index is 10.2. The molecule has 0 bridgehead atoms. The summed E-state index contributed by atoms with van der Waals surface area (Å²) in [5.74, 6) is 0. The average Bonchev–Trinajstić information content (AvgIpc) is 2.12. The van der Waals surface area contributed by atoms with Gasteiger partial charge in [0, 0.05) is 6.54 Å². The van der Waals surface area contributed by atoms with Crippen LogP contribution in [0.25, 0.3) is 0 Å². The van der Waals surface area contributed by atoms with Gasteiger partial charge in [-0.15, -0.1) is 0 Å². The quantitative estimate of drug-likeness (QED) is 0.434. The van der Waals surface area contributed by atoms with Crippen molar-refractivity contribution in [2.24, 2.45) is 0 Å². The molecule has 1 fully saturated rings. The summed E-state index contributed by atoms with van der Waals surface area (Å²) in [6, 6.07) is -0.650. The smallest absolute Gasteiger partial charge is 0.338 e. The van der Waals surface area contributed by atoms with Crippen LogP contribution in [0.1, 0.15) is 0 Å². The van der Waals surface area contributed by atoms with E-state index in [4.69, 9.17) is 10.5 Å². The summed E-state index contributed by atoms with van der Waals surface area (Å²) < 4.78 is 4.80. The molecule has 0 atom stereocenters. The summed E-state index contributed by atoms with van der Waals surface area (Å²) in [6.45, 7) is 1.44. The molecule has 0 saturated carbocycles. The lowest BCUT2D eigenvalue weighted by Gasteiger charge is -2.05. The Kier molecular flexibility index (Phi) is 1.34. The lowest BCUT2D eigenvalue weighted by molar-refractivity contribution is 0.147. The lowest BCUT2D eigenvalue weighted by Crippen LogP contribution is -2.27. The minimum absolute atomic E-state index is 0.294. The van der Waals surface area contributed by atoms with Crippen LogP contribution in [0, 0.1) is 0 Å². The Bertz CT molecular complexity index is 98.2. The van der Waals surface area contributed by atoms with Gasteiger partial charge in [-0.05, 0) is 0 Å². The molecule has 0 aromatic rings. The fourth-order valence-electron chi connectivity index (χ4n) is 0.574. The molecule has 8 heavy (non-hydrogen) atoms. The van der Waals surface area contributed by atoms with Gasteiger partial charge in [-0.3, -0.25) is 4.90 Å². The second-order valence-electron chi connectivity index (χ2n) is 1.61. The SMILES string of the molecule is [NH]C(=O)N1CCOC1. The monoisotopic (exact) mass is 115 g/mol. The van der Waals surface area contributed by atoms with Gasteiger partial charge in [0.15, 0.2) is 0 Å². The summed E-state index contributed by atoms with van der Waals surface area (Å²) in [6.07, 6.45) is 0. The molecule has 0 aromatic carbocycles. The second kappa shape index (κ2) is 2.00. The lowest BCUT2D eigenvalue weighted by atomic mass is 10.6. The number of carbonyl (C=O) groups is 1. The van der Waals surface area contributed by atoms with Crippen LogP contribution in [0.3, 0.4) is 0 Å². The number of hydrogen-bond donors (Lipinski definition) is 0. The van der Waals surface area contributed by atoms with Gasteiger partial charge in [-0.2, -0.15) is 0 Å². The molecule has 4 heteroatoms. The molecule has 1 heterocycles. The van der Waals surface area contributed by atoms with E-state index in [2.05, 4.69) is 0 Å². The number of nitrogens with one attached hydrogen (secondary N) is 1. The van der Waals surface area contributed by atoms with Gasteiger partial charge >= 0.3 is 6.03 Å². The van der Waals surface area contributed by atoms with E-state index in [0.717, 1.165) is 0 Å². The summed E-state index contributed by atoms with van der Waals surface area (Å²) in [4.78, 5) is 11.5. The topological polar surface area (TPSA) is 53.3 Å². The standard InChI is InChI=1S/C4H7N2O2/c5-4(7)6-1-2-8-3-6/h5H,1-3H2. The van der Waals surface area contributed by atoms with Crippen LogP contribution in [-0.4, -0.2) is 30.8 Å². The predicted molar refractivity (Wildman–Crippen MR) is 26.0 cm³/mol. The van der Waals surface area contributed by atoms with Crippen LogP contribution >= 0.6 is 0 Å². The number of urea groups is 1. The first-order valence-corrected chi connectivity index (χ1v) is 2.39. The number of carbonyl (C=O) groups excluding carboxylic acids is 1. The van der Waals surface area contributed by atoms with Crippen molar-refractivity contribution in [3.05, 3.63) is 0 Å². The normalized spacial score (nSPS) is 19.2. The summed E-state index contributed by atoms with van der Waals surface area (Å²) in [5, 5.41) is 0. The van der Waals surface area contributed by atoms with E-state index in [0.29, 0.717) is 19.9 Å². The zero-order chi connectivity index (χ0) is 5.98. The van der Waals surface area contributed by atoms with Gasteiger partial charge in [0.2, 0.25) is 0 Å². The van der Waals surface area contributed by atoms with Crippen molar-refractivity contribution in [3.8, 4) is 0 Å². The molecule has 0 aliphatic carbocycles. The molecule has 0 spiro atoms. The van der Waals surface area contributed by atoms with Crippen LogP contribution in [-0.2, 0) is 4.74 Å². The number of rotatable bonds is 0. The molecule has 1 aliphatic heterocycles. The third-order valence-electron chi connectivity index (χ3n) is 1.04. The maximum absolute atomic E-state index is 10.2. The third-order valence-corrected chi connectivity index (χ3v) is 1.04. The van der Waals surface area contributed by atoms with Crippen molar-refractivity contribution in [2.45, 2.75) is 0 Å². The largest absolute Gasteiger partial charge is 0.359 e. The molecule has 1 N–H and O–H groups in total. The van der Waals surface area contributed by atoms with Crippen LogP contribution in [0.2, 0.25) is 0 Å². The molecular weight excluding hydrogens is 108 g/mol. The fraction of sp³-hybridized carbons (Fsp3) is 0.750. The Morgan fingerprint density at radius 1 is 1.75 bits per heavy atom. The van der Waals surface area contributed by atoms with Crippen molar-refractivity contribution in [3.63, 3.8) is 0 Å². The van der Waals surface area contributed by atoms with Crippen LogP contribution in [0.15, 0.2) is 0 Å². The van der Waals surface area contributed by atoms with Gasteiger partial charge in [-0.25, -0.2) is 10.5 Å². The minimum Gasteiger partial charge on any atom is -0.359 e. The van der Waals surface area contributed by atoms with Crippen LogP contribution in [0.5, 0.6) is 0 Å². The summed E-state index contributed by atoms with van der Waals surface area (Å²) in [5.41, 5.74) is 6.58. The molecule has 1 saturated heterocycles. The molecule has 4 nitrogen and oxygen atoms in total. The first kappa shape index (κ1) is 5.37.